The van der Waals surface area contributed by atoms with Crippen molar-refractivity contribution >= 4 is 34.8 Å². The van der Waals surface area contributed by atoms with Crippen LogP contribution in [0.5, 0.6) is 17.2 Å². The van der Waals surface area contributed by atoms with E-state index in [0.29, 0.717) is 16.3 Å². The smallest absolute Gasteiger partial charge is 0.224 e. The van der Waals surface area contributed by atoms with Gasteiger partial charge in [0.25, 0.3) is 0 Å². The van der Waals surface area contributed by atoms with E-state index in [4.69, 9.17) is 21.3 Å². The van der Waals surface area contributed by atoms with E-state index in [1.54, 1.807) is 13.2 Å². The largest absolute Gasteiger partial charge is 0.504 e. The molecule has 1 saturated heterocycles. The van der Waals surface area contributed by atoms with Gasteiger partial charge in [-0.25, -0.2) is 10.9 Å². The number of phenolic OH excluding ortho intramolecular Hbond substituents is 2. The fourth-order valence-electron chi connectivity index (χ4n) is 5.18. The molecular weight excluding hydrogens is 560 g/mol. The molecule has 0 bridgehead atoms. The summed E-state index contributed by atoms with van der Waals surface area (Å²) in [5.41, 5.74) is 10.6. The summed E-state index contributed by atoms with van der Waals surface area (Å²) in [6.45, 7) is 2.50. The molecule has 11 nitrogen and oxygen atoms in total. The number of anilines is 1. The maximum absolute atomic E-state index is 13.1. The number of carbonyl (C=O) groups excluding carboxylic acids is 2. The topological polar surface area (TPSA) is 148 Å². The summed E-state index contributed by atoms with van der Waals surface area (Å²) in [5.74, 6) is -0.309. The maximum atomic E-state index is 13.1. The Morgan fingerprint density at radius 2 is 1.71 bits per heavy atom. The number of carbonyl (C=O) groups is 2. The summed E-state index contributed by atoms with van der Waals surface area (Å²) in [6.07, 6.45) is -0.237. The van der Waals surface area contributed by atoms with Gasteiger partial charge in [-0.3, -0.25) is 14.6 Å². The molecule has 2 amide bonds. The molecule has 3 aromatic rings. The van der Waals surface area contributed by atoms with Crippen molar-refractivity contribution in [2.75, 3.05) is 25.1 Å². The number of phenols is 2. The number of halogens is 1. The van der Waals surface area contributed by atoms with Crippen molar-refractivity contribution in [3.05, 3.63) is 82.4 Å². The molecule has 6 N–H and O–H groups in total. The third-order valence-corrected chi connectivity index (χ3v) is 7.49. The molecule has 3 unspecified atom stereocenters. The van der Waals surface area contributed by atoms with E-state index < -0.39 is 6.04 Å². The van der Waals surface area contributed by atoms with Crippen LogP contribution in [0.4, 0.5) is 5.69 Å². The van der Waals surface area contributed by atoms with Gasteiger partial charge in [0.05, 0.1) is 37.9 Å². The molecule has 0 radical (unpaired) electrons. The van der Waals surface area contributed by atoms with Crippen LogP contribution in [0.15, 0.2) is 65.7 Å². The molecule has 0 spiro atoms. The number of rotatable bonds is 9. The number of ether oxygens (including phenoxy) is 1. The lowest BCUT2D eigenvalue weighted by Crippen LogP contribution is -2.48. The minimum Gasteiger partial charge on any atom is -0.504 e. The van der Waals surface area contributed by atoms with E-state index in [2.05, 4.69) is 26.4 Å². The van der Waals surface area contributed by atoms with Crippen LogP contribution in [0.25, 0.3) is 0 Å². The monoisotopic (exact) mass is 592 g/mol. The Balaban J connectivity index is 1.29. The summed E-state index contributed by atoms with van der Waals surface area (Å²) < 4.78 is 5.53. The van der Waals surface area contributed by atoms with Gasteiger partial charge in [0.15, 0.2) is 11.5 Å². The van der Waals surface area contributed by atoms with Crippen LogP contribution in [-0.4, -0.2) is 66.3 Å². The average molecular weight is 593 g/mol. The van der Waals surface area contributed by atoms with Crippen LogP contribution < -0.4 is 31.1 Å². The average Bonchev–Trinajstić information content (AvgIpc) is 3.30. The lowest BCUT2D eigenvalue weighted by Gasteiger charge is -2.31. The lowest BCUT2D eigenvalue weighted by molar-refractivity contribution is -0.122. The normalized spacial score (nSPS) is 19.3. The molecule has 5 rings (SSSR count). The van der Waals surface area contributed by atoms with Gasteiger partial charge in [-0.2, -0.15) is 0 Å². The molecule has 3 atom stereocenters. The first-order chi connectivity index (χ1) is 20.2. The third kappa shape index (κ3) is 6.43. The predicted octanol–water partition coefficient (Wildman–Crippen LogP) is 2.43. The van der Waals surface area contributed by atoms with Crippen LogP contribution in [0.2, 0.25) is 5.02 Å². The zero-order chi connectivity index (χ0) is 29.8. The van der Waals surface area contributed by atoms with Crippen LogP contribution >= 0.6 is 11.6 Å². The summed E-state index contributed by atoms with van der Waals surface area (Å²) in [7, 11) is 1.62. The van der Waals surface area contributed by atoms with Gasteiger partial charge >= 0.3 is 0 Å². The fraction of sp³-hybridized carbons (Fsp3) is 0.300. The van der Waals surface area contributed by atoms with Crippen molar-refractivity contribution in [3.63, 3.8) is 0 Å². The van der Waals surface area contributed by atoms with E-state index >= 15 is 0 Å². The highest BCUT2D eigenvalue weighted by atomic mass is 35.5. The van der Waals surface area contributed by atoms with Gasteiger partial charge < -0.3 is 30.5 Å². The van der Waals surface area contributed by atoms with Gasteiger partial charge in [-0.15, -0.1) is 0 Å². The minimum absolute atomic E-state index is 0.0335. The standard InChI is InChI=1S/C30H33ClN6O5/c1-17-35-36-30-23(16-28(41)33-12-11-32-27(40)14-18-3-10-25(38)26(39)13-18)34-29(19-4-6-20(31)7-5-19)22-15-21(42-2)8-9-24(22)37(17)30/h3-10,13,15,17,23,30,35-36,38-39H,11-12,14,16H2,1-2H3,(H,32,40)(H,33,41). The Morgan fingerprint density at radius 3 is 2.43 bits per heavy atom. The van der Waals surface area contributed by atoms with E-state index in [0.717, 1.165) is 22.5 Å². The van der Waals surface area contributed by atoms with E-state index in [1.165, 1.54) is 12.1 Å². The lowest BCUT2D eigenvalue weighted by atomic mass is 9.99. The van der Waals surface area contributed by atoms with E-state index in [1.807, 2.05) is 49.4 Å². The number of benzene rings is 3. The quantitative estimate of drug-likeness (QED) is 0.164. The Kier molecular flexibility index (Phi) is 8.81. The van der Waals surface area contributed by atoms with Gasteiger partial charge in [0.2, 0.25) is 11.8 Å². The molecule has 0 aromatic heterocycles. The first kappa shape index (κ1) is 29.2. The first-order valence-electron chi connectivity index (χ1n) is 13.6. The van der Waals surface area contributed by atoms with Crippen molar-refractivity contribution < 1.29 is 24.5 Å². The molecule has 0 saturated carbocycles. The highest BCUT2D eigenvalue weighted by Crippen LogP contribution is 2.36. The van der Waals surface area contributed by atoms with Gasteiger partial charge in [0.1, 0.15) is 11.9 Å². The Labute approximate surface area is 248 Å². The van der Waals surface area contributed by atoms with E-state index in [9.17, 15) is 19.8 Å². The number of amides is 2. The molecule has 2 heterocycles. The Hall–Kier alpha value is -4.32. The number of nitrogens with zero attached hydrogens (tertiary/aromatic N) is 2. The number of hydrazine groups is 1. The predicted molar refractivity (Wildman–Crippen MR) is 160 cm³/mol. The summed E-state index contributed by atoms with van der Waals surface area (Å²) in [4.78, 5) is 32.7. The van der Waals surface area contributed by atoms with Crippen molar-refractivity contribution in [2.24, 2.45) is 4.99 Å². The Morgan fingerprint density at radius 1 is 0.976 bits per heavy atom. The second-order valence-corrected chi connectivity index (χ2v) is 10.6. The van der Waals surface area contributed by atoms with Gasteiger partial charge in [-0.05, 0) is 55.0 Å². The number of aliphatic imine (C=N–C) groups is 1. The highest BCUT2D eigenvalue weighted by Gasteiger charge is 2.40. The van der Waals surface area contributed by atoms with Crippen LogP contribution in [0.1, 0.15) is 30.0 Å². The maximum Gasteiger partial charge on any atom is 0.224 e. The number of nitrogens with one attached hydrogen (secondary N) is 4. The fourth-order valence-corrected chi connectivity index (χ4v) is 5.30. The van der Waals surface area contributed by atoms with Gasteiger partial charge in [0, 0.05) is 34.9 Å². The molecule has 2 aliphatic rings. The zero-order valence-electron chi connectivity index (χ0n) is 23.2. The number of hydrogen-bond donors (Lipinski definition) is 6. The SMILES string of the molecule is COc1ccc2c(c1)C(c1ccc(Cl)cc1)=NC(CC(=O)NCCNC(=O)Cc1ccc(O)c(O)c1)C1NNC(C)N21. The number of fused-ring (bicyclic) bond motifs is 3. The summed E-state index contributed by atoms with van der Waals surface area (Å²) in [6, 6.07) is 17.1. The summed E-state index contributed by atoms with van der Waals surface area (Å²) in [5, 5.41) is 25.3. The van der Waals surface area contributed by atoms with Crippen LogP contribution in [-0.2, 0) is 16.0 Å². The molecule has 3 aromatic carbocycles. The highest BCUT2D eigenvalue weighted by molar-refractivity contribution is 6.30. The third-order valence-electron chi connectivity index (χ3n) is 7.24. The molecule has 1 fully saturated rings. The van der Waals surface area contributed by atoms with Crippen molar-refractivity contribution in [3.8, 4) is 17.2 Å². The number of aromatic hydroxyl groups is 2. The second kappa shape index (κ2) is 12.7. The van der Waals surface area contributed by atoms with E-state index in [-0.39, 0.29) is 61.6 Å². The number of methoxy groups -OCH3 is 1. The van der Waals surface area contributed by atoms with Gasteiger partial charge in [-0.1, -0.05) is 29.8 Å². The minimum atomic E-state index is -0.455. The van der Waals surface area contributed by atoms with Crippen molar-refractivity contribution in [1.82, 2.24) is 21.5 Å². The van der Waals surface area contributed by atoms with Crippen molar-refractivity contribution in [1.29, 1.82) is 0 Å². The van der Waals surface area contributed by atoms with Crippen LogP contribution in [0, 0.1) is 0 Å². The molecule has 12 heteroatoms. The first-order valence-corrected chi connectivity index (χ1v) is 14.0. The molecule has 2 aliphatic heterocycles. The number of hydrogen-bond acceptors (Lipinski definition) is 9. The second-order valence-electron chi connectivity index (χ2n) is 10.2. The Bertz CT molecular complexity index is 1500. The molecule has 0 aliphatic carbocycles. The zero-order valence-corrected chi connectivity index (χ0v) is 24.0. The molecular formula is C30H33ClN6O5. The summed E-state index contributed by atoms with van der Waals surface area (Å²) >= 11 is 6.17. The van der Waals surface area contributed by atoms with Crippen LogP contribution in [0.3, 0.4) is 0 Å². The molecule has 42 heavy (non-hydrogen) atoms. The molecule has 220 valence electrons. The van der Waals surface area contributed by atoms with Crippen molar-refractivity contribution in [2.45, 2.75) is 38.1 Å².